The molecular formula is C16H18BrNO2. The number of benzene rings is 1. The minimum Gasteiger partial charge on any atom is -0.497 e. The third-order valence-corrected chi connectivity index (χ3v) is 4.68. The van der Waals surface area contributed by atoms with E-state index in [9.17, 15) is 0 Å². The second-order valence-corrected chi connectivity index (χ2v) is 5.60. The van der Waals surface area contributed by atoms with E-state index >= 15 is 0 Å². The summed E-state index contributed by atoms with van der Waals surface area (Å²) in [5.74, 6) is 1.91. The topological polar surface area (TPSA) is 31.4 Å². The highest BCUT2D eigenvalue weighted by Gasteiger charge is 2.19. The van der Waals surface area contributed by atoms with E-state index in [1.54, 1.807) is 14.2 Å². The molecule has 1 heterocycles. The molecular weight excluding hydrogens is 318 g/mol. The number of hydrogen-bond acceptors (Lipinski definition) is 3. The first kappa shape index (κ1) is 14.9. The fourth-order valence-electron chi connectivity index (χ4n) is 2.11. The maximum Gasteiger partial charge on any atom is 0.122 e. The van der Waals surface area contributed by atoms with Crippen molar-refractivity contribution >= 4 is 15.9 Å². The number of nitrogens with zero attached hydrogens (tertiary/aromatic N) is 1. The minimum absolute atomic E-state index is 0.175. The second kappa shape index (κ2) is 6.75. The number of aromatic nitrogens is 1. The highest BCUT2D eigenvalue weighted by molar-refractivity contribution is 9.09. The number of methoxy groups -OCH3 is 2. The lowest BCUT2D eigenvalue weighted by atomic mass is 9.94. The van der Waals surface area contributed by atoms with Crippen LogP contribution < -0.4 is 9.47 Å². The van der Waals surface area contributed by atoms with Crippen molar-refractivity contribution in [1.29, 1.82) is 0 Å². The van der Waals surface area contributed by atoms with Crippen molar-refractivity contribution in [2.24, 2.45) is 0 Å². The van der Waals surface area contributed by atoms with E-state index in [-0.39, 0.29) is 4.83 Å². The fraction of sp³-hybridized carbons (Fsp3) is 0.312. The van der Waals surface area contributed by atoms with Gasteiger partial charge in [0.25, 0.3) is 0 Å². The quantitative estimate of drug-likeness (QED) is 0.761. The van der Waals surface area contributed by atoms with Crippen LogP contribution in [0.15, 0.2) is 42.7 Å². The van der Waals surface area contributed by atoms with Gasteiger partial charge in [-0.15, -0.1) is 0 Å². The molecule has 0 spiro atoms. The first-order valence-electron chi connectivity index (χ1n) is 6.42. The normalized spacial score (nSPS) is 13.6. The molecule has 0 N–H and O–H groups in total. The summed E-state index contributed by atoms with van der Waals surface area (Å²) in [6, 6.07) is 10.0. The maximum atomic E-state index is 5.32. The van der Waals surface area contributed by atoms with E-state index < -0.39 is 0 Å². The smallest absolute Gasteiger partial charge is 0.122 e. The molecule has 1 aromatic carbocycles. The Hall–Kier alpha value is -1.55. The molecule has 0 saturated carbocycles. The summed E-state index contributed by atoms with van der Waals surface area (Å²) in [7, 11) is 3.32. The van der Waals surface area contributed by atoms with Crippen molar-refractivity contribution in [3.8, 4) is 11.5 Å². The lowest BCUT2D eigenvalue weighted by Crippen LogP contribution is -2.03. The molecule has 0 bridgehead atoms. The fourth-order valence-corrected chi connectivity index (χ4v) is 2.68. The first-order valence-corrected chi connectivity index (χ1v) is 7.34. The summed E-state index contributed by atoms with van der Waals surface area (Å²) in [6.45, 7) is 2.18. The SMILES string of the molecule is COc1cc(OC)cc(C(Br)C(C)c2ccncc2)c1. The van der Waals surface area contributed by atoms with Crippen molar-refractivity contribution in [3.63, 3.8) is 0 Å². The molecule has 2 unspecified atom stereocenters. The van der Waals surface area contributed by atoms with Crippen molar-refractivity contribution in [1.82, 2.24) is 4.98 Å². The van der Waals surface area contributed by atoms with Crippen LogP contribution in [-0.4, -0.2) is 19.2 Å². The summed E-state index contributed by atoms with van der Waals surface area (Å²) in [4.78, 5) is 4.23. The molecule has 20 heavy (non-hydrogen) atoms. The molecule has 0 aliphatic heterocycles. The number of hydrogen-bond donors (Lipinski definition) is 0. The van der Waals surface area contributed by atoms with Crippen LogP contribution in [0.5, 0.6) is 11.5 Å². The van der Waals surface area contributed by atoms with Crippen LogP contribution >= 0.6 is 15.9 Å². The summed E-state index contributed by atoms with van der Waals surface area (Å²) in [6.07, 6.45) is 3.63. The lowest BCUT2D eigenvalue weighted by Gasteiger charge is -2.20. The monoisotopic (exact) mass is 335 g/mol. The van der Waals surface area contributed by atoms with Gasteiger partial charge in [0.1, 0.15) is 11.5 Å². The van der Waals surface area contributed by atoms with E-state index in [4.69, 9.17) is 9.47 Å². The van der Waals surface area contributed by atoms with Crippen molar-refractivity contribution in [3.05, 3.63) is 53.9 Å². The Labute approximate surface area is 128 Å². The molecule has 0 radical (unpaired) electrons. The van der Waals surface area contributed by atoms with Gasteiger partial charge in [-0.3, -0.25) is 4.98 Å². The number of alkyl halides is 1. The standard InChI is InChI=1S/C16H18BrNO2/c1-11(12-4-6-18-7-5-12)16(17)13-8-14(19-2)10-15(9-13)20-3/h4-11,16H,1-3H3. The Bertz CT molecular complexity index is 537. The number of rotatable bonds is 5. The molecule has 2 aromatic rings. The van der Waals surface area contributed by atoms with Crippen LogP contribution in [0.2, 0.25) is 0 Å². The molecule has 2 rings (SSSR count). The zero-order chi connectivity index (χ0) is 14.5. The lowest BCUT2D eigenvalue weighted by molar-refractivity contribution is 0.393. The number of pyridine rings is 1. The van der Waals surface area contributed by atoms with Gasteiger partial charge < -0.3 is 9.47 Å². The van der Waals surface area contributed by atoms with Crippen LogP contribution in [0.3, 0.4) is 0 Å². The van der Waals surface area contributed by atoms with Gasteiger partial charge in [0, 0.05) is 23.3 Å². The van der Waals surface area contributed by atoms with E-state index in [1.165, 1.54) is 5.56 Å². The predicted octanol–water partition coefficient (Wildman–Crippen LogP) is 4.34. The van der Waals surface area contributed by atoms with Crippen LogP contribution in [0, 0.1) is 0 Å². The molecule has 4 heteroatoms. The van der Waals surface area contributed by atoms with E-state index in [0.29, 0.717) is 5.92 Å². The van der Waals surface area contributed by atoms with Gasteiger partial charge in [-0.2, -0.15) is 0 Å². The number of halogens is 1. The molecule has 0 fully saturated rings. The van der Waals surface area contributed by atoms with Gasteiger partial charge in [0.05, 0.1) is 14.2 Å². The third kappa shape index (κ3) is 3.31. The Morgan fingerprint density at radius 3 is 2.00 bits per heavy atom. The Balaban J connectivity index is 2.30. The van der Waals surface area contributed by atoms with Crippen molar-refractivity contribution in [2.75, 3.05) is 14.2 Å². The van der Waals surface area contributed by atoms with Gasteiger partial charge in [-0.05, 0) is 41.3 Å². The molecule has 0 aliphatic rings. The Morgan fingerprint density at radius 2 is 1.50 bits per heavy atom. The molecule has 1 aromatic heterocycles. The highest BCUT2D eigenvalue weighted by atomic mass is 79.9. The Kier molecular flexibility index (Phi) is 5.01. The summed E-state index contributed by atoms with van der Waals surface area (Å²) in [5.41, 5.74) is 2.37. The van der Waals surface area contributed by atoms with E-state index in [0.717, 1.165) is 17.1 Å². The van der Waals surface area contributed by atoms with Gasteiger partial charge >= 0.3 is 0 Å². The summed E-state index contributed by atoms with van der Waals surface area (Å²) < 4.78 is 10.6. The average molecular weight is 336 g/mol. The van der Waals surface area contributed by atoms with Crippen LogP contribution in [0.25, 0.3) is 0 Å². The summed E-state index contributed by atoms with van der Waals surface area (Å²) in [5, 5.41) is 0. The van der Waals surface area contributed by atoms with Gasteiger partial charge in [0.15, 0.2) is 0 Å². The average Bonchev–Trinajstić information content (AvgIpc) is 2.53. The second-order valence-electron chi connectivity index (χ2n) is 4.62. The Morgan fingerprint density at radius 1 is 0.950 bits per heavy atom. The van der Waals surface area contributed by atoms with Crippen LogP contribution in [0.1, 0.15) is 28.8 Å². The van der Waals surface area contributed by atoms with Crippen LogP contribution in [0.4, 0.5) is 0 Å². The van der Waals surface area contributed by atoms with Crippen LogP contribution in [-0.2, 0) is 0 Å². The van der Waals surface area contributed by atoms with Crippen molar-refractivity contribution in [2.45, 2.75) is 17.7 Å². The van der Waals surface area contributed by atoms with Gasteiger partial charge in [-0.25, -0.2) is 0 Å². The minimum atomic E-state index is 0.175. The zero-order valence-electron chi connectivity index (χ0n) is 11.8. The number of ether oxygens (including phenoxy) is 2. The third-order valence-electron chi connectivity index (χ3n) is 3.36. The summed E-state index contributed by atoms with van der Waals surface area (Å²) >= 11 is 3.78. The molecule has 3 nitrogen and oxygen atoms in total. The molecule has 106 valence electrons. The van der Waals surface area contributed by atoms with E-state index in [2.05, 4.69) is 27.8 Å². The van der Waals surface area contributed by atoms with Crippen molar-refractivity contribution < 1.29 is 9.47 Å². The largest absolute Gasteiger partial charge is 0.497 e. The predicted molar refractivity (Wildman–Crippen MR) is 83.9 cm³/mol. The molecule has 2 atom stereocenters. The van der Waals surface area contributed by atoms with E-state index in [1.807, 2.05) is 42.7 Å². The van der Waals surface area contributed by atoms with Gasteiger partial charge in [-0.1, -0.05) is 22.9 Å². The maximum absolute atomic E-state index is 5.32. The molecule has 0 saturated heterocycles. The van der Waals surface area contributed by atoms with Gasteiger partial charge in [0.2, 0.25) is 0 Å². The molecule has 0 aliphatic carbocycles. The molecule has 0 amide bonds. The first-order chi connectivity index (χ1) is 9.65. The highest BCUT2D eigenvalue weighted by Crippen LogP contribution is 2.40. The zero-order valence-corrected chi connectivity index (χ0v) is 13.4.